The number of carbonyl (C=O) groups excluding carboxylic acids is 1. The van der Waals surface area contributed by atoms with Crippen LogP contribution in [0.3, 0.4) is 0 Å². The van der Waals surface area contributed by atoms with E-state index in [0.29, 0.717) is 24.7 Å². The highest BCUT2D eigenvalue weighted by atomic mass is 16.3. The molecule has 0 bridgehead atoms. The number of rotatable bonds is 6. The lowest BCUT2D eigenvalue weighted by Crippen LogP contribution is -2.42. The number of hydrogen-bond donors (Lipinski definition) is 3. The highest BCUT2D eigenvalue weighted by molar-refractivity contribution is 5.89. The molecule has 3 fully saturated rings. The maximum absolute atomic E-state index is 12.3. The standard InChI is InChI=1S/C27H42O4/c1-17-8-11-21(28)16-20(17)10-9-19-7-6-14-27(5)22(12-13-23(19)27)18(2)15-24(29)25(30)26(3,4)31/h9-10,18,21-24,28-29,31H,1,6-8,11-16H2,2-5H3/b19-9+,20-10-/t18-,21+,22-,23+,24?,27-/m1/s1. The molecular weight excluding hydrogens is 388 g/mol. The van der Waals surface area contributed by atoms with Crippen LogP contribution < -0.4 is 0 Å². The first-order chi connectivity index (χ1) is 14.4. The summed E-state index contributed by atoms with van der Waals surface area (Å²) in [7, 11) is 0. The quantitative estimate of drug-likeness (QED) is 0.561. The third-order valence-corrected chi connectivity index (χ3v) is 8.41. The van der Waals surface area contributed by atoms with Crippen molar-refractivity contribution in [3.8, 4) is 0 Å². The fourth-order valence-electron chi connectivity index (χ4n) is 6.64. The summed E-state index contributed by atoms with van der Waals surface area (Å²) in [6, 6.07) is 0. The number of carbonyl (C=O) groups is 1. The zero-order valence-electron chi connectivity index (χ0n) is 19.9. The topological polar surface area (TPSA) is 77.8 Å². The predicted octanol–water partition coefficient (Wildman–Crippen LogP) is 4.88. The minimum Gasteiger partial charge on any atom is -0.393 e. The van der Waals surface area contributed by atoms with Crippen LogP contribution in [-0.4, -0.2) is 38.9 Å². The molecule has 0 aromatic rings. The smallest absolute Gasteiger partial charge is 0.192 e. The van der Waals surface area contributed by atoms with Gasteiger partial charge in [-0.3, -0.25) is 4.79 Å². The van der Waals surface area contributed by atoms with Crippen LogP contribution in [0.25, 0.3) is 0 Å². The summed E-state index contributed by atoms with van der Waals surface area (Å²) < 4.78 is 0. The van der Waals surface area contributed by atoms with E-state index >= 15 is 0 Å². The lowest BCUT2D eigenvalue weighted by molar-refractivity contribution is -0.144. The molecule has 3 saturated carbocycles. The second-order valence-electron chi connectivity index (χ2n) is 11.2. The molecule has 1 unspecified atom stereocenters. The van der Waals surface area contributed by atoms with E-state index in [1.165, 1.54) is 37.8 Å². The van der Waals surface area contributed by atoms with Gasteiger partial charge >= 0.3 is 0 Å². The van der Waals surface area contributed by atoms with Crippen molar-refractivity contribution in [2.45, 2.75) is 103 Å². The van der Waals surface area contributed by atoms with Gasteiger partial charge in [0.1, 0.15) is 11.7 Å². The molecule has 0 amide bonds. The van der Waals surface area contributed by atoms with Crippen LogP contribution in [0.5, 0.6) is 0 Å². The van der Waals surface area contributed by atoms with Gasteiger partial charge in [-0.1, -0.05) is 43.7 Å². The number of allylic oxidation sites excluding steroid dienone is 4. The van der Waals surface area contributed by atoms with Gasteiger partial charge in [0.25, 0.3) is 0 Å². The van der Waals surface area contributed by atoms with Gasteiger partial charge in [-0.2, -0.15) is 0 Å². The Hall–Kier alpha value is -1.23. The van der Waals surface area contributed by atoms with Crippen molar-refractivity contribution >= 4 is 5.78 Å². The number of fused-ring (bicyclic) bond motifs is 1. The second kappa shape index (κ2) is 9.33. The van der Waals surface area contributed by atoms with Crippen LogP contribution in [0.15, 0.2) is 35.5 Å². The predicted molar refractivity (Wildman–Crippen MR) is 124 cm³/mol. The zero-order chi connectivity index (χ0) is 23.0. The minimum absolute atomic E-state index is 0.183. The van der Waals surface area contributed by atoms with E-state index < -0.39 is 17.5 Å². The Balaban J connectivity index is 1.73. The Bertz CT molecular complexity index is 756. The Morgan fingerprint density at radius 3 is 2.65 bits per heavy atom. The molecule has 3 rings (SSSR count). The molecule has 3 aliphatic rings. The largest absolute Gasteiger partial charge is 0.393 e. The van der Waals surface area contributed by atoms with Crippen LogP contribution in [0.1, 0.15) is 85.5 Å². The maximum atomic E-state index is 12.3. The van der Waals surface area contributed by atoms with Gasteiger partial charge in [0.2, 0.25) is 0 Å². The van der Waals surface area contributed by atoms with Crippen LogP contribution >= 0.6 is 0 Å². The third kappa shape index (κ3) is 5.23. The minimum atomic E-state index is -1.49. The summed E-state index contributed by atoms with van der Waals surface area (Å²) in [6.45, 7) is 11.6. The lowest BCUT2D eigenvalue weighted by Gasteiger charge is -2.44. The molecule has 0 aromatic carbocycles. The molecule has 6 atom stereocenters. The fraction of sp³-hybridized carbons (Fsp3) is 0.741. The molecule has 31 heavy (non-hydrogen) atoms. The van der Waals surface area contributed by atoms with E-state index in [0.717, 1.165) is 37.7 Å². The summed E-state index contributed by atoms with van der Waals surface area (Å²) >= 11 is 0. The van der Waals surface area contributed by atoms with E-state index in [1.807, 2.05) is 0 Å². The van der Waals surface area contributed by atoms with Gasteiger partial charge in [0.15, 0.2) is 5.78 Å². The van der Waals surface area contributed by atoms with E-state index in [4.69, 9.17) is 0 Å². The second-order valence-corrected chi connectivity index (χ2v) is 11.2. The zero-order valence-corrected chi connectivity index (χ0v) is 19.9. The van der Waals surface area contributed by atoms with Gasteiger partial charge in [0, 0.05) is 0 Å². The van der Waals surface area contributed by atoms with Crippen molar-refractivity contribution in [3.05, 3.63) is 35.5 Å². The number of aliphatic hydroxyl groups is 3. The van der Waals surface area contributed by atoms with E-state index in [-0.39, 0.29) is 17.4 Å². The highest BCUT2D eigenvalue weighted by Gasteiger charge is 2.51. The third-order valence-electron chi connectivity index (χ3n) is 8.41. The molecule has 4 heteroatoms. The van der Waals surface area contributed by atoms with E-state index in [9.17, 15) is 20.1 Å². The van der Waals surface area contributed by atoms with E-state index in [2.05, 4.69) is 32.6 Å². The molecule has 3 aliphatic carbocycles. The van der Waals surface area contributed by atoms with Gasteiger partial charge < -0.3 is 15.3 Å². The summed E-state index contributed by atoms with van der Waals surface area (Å²) in [5.41, 5.74) is 2.55. The number of hydrogen-bond acceptors (Lipinski definition) is 4. The lowest BCUT2D eigenvalue weighted by atomic mass is 9.60. The molecule has 0 aromatic heterocycles. The molecule has 0 aliphatic heterocycles. The van der Waals surface area contributed by atoms with Gasteiger partial charge in [-0.25, -0.2) is 0 Å². The normalized spacial score (nSPS) is 36.5. The molecule has 4 nitrogen and oxygen atoms in total. The number of Topliss-reactive ketones (excluding diaryl/α,β-unsaturated/α-hetero) is 1. The summed E-state index contributed by atoms with van der Waals surface area (Å²) in [6.07, 6.45) is 11.7. The first-order valence-electron chi connectivity index (χ1n) is 12.1. The Kier molecular flexibility index (Phi) is 7.35. The number of aliphatic hydroxyl groups excluding tert-OH is 2. The van der Waals surface area contributed by atoms with Crippen molar-refractivity contribution in [2.24, 2.45) is 23.2 Å². The van der Waals surface area contributed by atoms with Crippen LogP contribution in [0, 0.1) is 23.2 Å². The first-order valence-corrected chi connectivity index (χ1v) is 12.1. The average Bonchev–Trinajstić information content (AvgIpc) is 3.04. The van der Waals surface area contributed by atoms with Crippen molar-refractivity contribution in [1.82, 2.24) is 0 Å². The Morgan fingerprint density at radius 2 is 1.97 bits per heavy atom. The van der Waals surface area contributed by atoms with Crippen molar-refractivity contribution in [3.63, 3.8) is 0 Å². The molecule has 0 saturated heterocycles. The molecule has 174 valence electrons. The molecule has 0 spiro atoms. The monoisotopic (exact) mass is 430 g/mol. The Morgan fingerprint density at radius 1 is 1.26 bits per heavy atom. The molecule has 0 heterocycles. The SMILES string of the molecule is C=C1CC[C@H](O)C/C1=C/C=C1\CCC[C@]2(C)[C@@H]([C@H](C)CC(O)C(=O)C(C)(C)O)CC[C@@H]12. The van der Waals surface area contributed by atoms with Crippen molar-refractivity contribution in [2.75, 3.05) is 0 Å². The number of ketones is 1. The summed E-state index contributed by atoms with van der Waals surface area (Å²) in [4.78, 5) is 12.3. The van der Waals surface area contributed by atoms with Gasteiger partial charge in [0.05, 0.1) is 6.10 Å². The fourth-order valence-corrected chi connectivity index (χ4v) is 6.64. The van der Waals surface area contributed by atoms with E-state index in [1.54, 1.807) is 0 Å². The maximum Gasteiger partial charge on any atom is 0.192 e. The molecule has 3 N–H and O–H groups in total. The van der Waals surface area contributed by atoms with Gasteiger partial charge in [-0.05, 0) is 100 Å². The van der Waals surface area contributed by atoms with Crippen molar-refractivity contribution in [1.29, 1.82) is 0 Å². The summed E-state index contributed by atoms with van der Waals surface area (Å²) in [5, 5.41) is 30.4. The average molecular weight is 431 g/mol. The molecule has 0 radical (unpaired) electrons. The Labute approximate surface area is 188 Å². The molecular formula is C27H42O4. The van der Waals surface area contributed by atoms with Gasteiger partial charge in [-0.15, -0.1) is 0 Å². The van der Waals surface area contributed by atoms with Crippen LogP contribution in [-0.2, 0) is 4.79 Å². The summed E-state index contributed by atoms with van der Waals surface area (Å²) in [5.74, 6) is 0.742. The highest BCUT2D eigenvalue weighted by Crippen LogP contribution is 2.59. The first kappa shape index (κ1) is 24.4. The van der Waals surface area contributed by atoms with Crippen LogP contribution in [0.4, 0.5) is 0 Å². The van der Waals surface area contributed by atoms with Crippen molar-refractivity contribution < 1.29 is 20.1 Å². The van der Waals surface area contributed by atoms with Crippen LogP contribution in [0.2, 0.25) is 0 Å².